The Labute approximate surface area is 104 Å². The van der Waals surface area contributed by atoms with Gasteiger partial charge in [0, 0.05) is 5.57 Å². The molecule has 3 nitrogen and oxygen atoms in total. The molecule has 0 radical (unpaired) electrons. The maximum absolute atomic E-state index is 11.0. The number of aliphatic hydroxyl groups is 2. The summed E-state index contributed by atoms with van der Waals surface area (Å²) >= 11 is 0. The van der Waals surface area contributed by atoms with Gasteiger partial charge in [0.25, 0.3) is 0 Å². The minimum atomic E-state index is -0.148. The summed E-state index contributed by atoms with van der Waals surface area (Å²) in [6.07, 6.45) is 6.37. The second-order valence-corrected chi connectivity index (χ2v) is 4.22. The average molecular weight is 240 g/mol. The number of unbranched alkanes of at least 4 members (excludes halogenated alkanes) is 3. The van der Waals surface area contributed by atoms with E-state index in [2.05, 4.69) is 6.92 Å². The summed E-state index contributed by atoms with van der Waals surface area (Å²) in [5, 5.41) is 19.0. The van der Waals surface area contributed by atoms with E-state index in [1.165, 1.54) is 6.92 Å². The van der Waals surface area contributed by atoms with Gasteiger partial charge in [-0.2, -0.15) is 0 Å². The highest BCUT2D eigenvalue weighted by Crippen LogP contribution is 2.21. The highest BCUT2D eigenvalue weighted by molar-refractivity contribution is 5.76. The lowest BCUT2D eigenvalue weighted by atomic mass is 9.98. The first kappa shape index (κ1) is 15.8. The van der Waals surface area contributed by atoms with E-state index in [1.54, 1.807) is 0 Å². The summed E-state index contributed by atoms with van der Waals surface area (Å²) in [7, 11) is 0. The Morgan fingerprint density at radius 1 is 1.12 bits per heavy atom. The van der Waals surface area contributed by atoms with Gasteiger partial charge in [-0.25, -0.2) is 0 Å². The Morgan fingerprint density at radius 3 is 2.18 bits per heavy atom. The molecule has 98 valence electrons. The van der Waals surface area contributed by atoms with E-state index in [9.17, 15) is 15.0 Å². The third kappa shape index (κ3) is 5.57. The Balaban J connectivity index is 4.76. The average Bonchev–Trinajstić information content (AvgIpc) is 2.32. The number of rotatable bonds is 8. The zero-order valence-corrected chi connectivity index (χ0v) is 11.1. The Bertz CT molecular complexity index is 297. The van der Waals surface area contributed by atoms with Crippen LogP contribution < -0.4 is 0 Å². The first-order chi connectivity index (χ1) is 8.08. The number of aldehydes is 1. The van der Waals surface area contributed by atoms with Gasteiger partial charge in [-0.1, -0.05) is 33.1 Å². The van der Waals surface area contributed by atoms with Gasteiger partial charge < -0.3 is 10.2 Å². The molecule has 0 rings (SSSR count). The normalized spacial score (nSPS) is 14.1. The summed E-state index contributed by atoms with van der Waals surface area (Å²) in [5.41, 5.74) is 1.17. The number of carbonyl (C=O) groups excluding carboxylic acids is 1. The maximum atomic E-state index is 11.0. The molecule has 0 aromatic carbocycles. The van der Waals surface area contributed by atoms with E-state index in [-0.39, 0.29) is 11.5 Å². The molecule has 0 aromatic heterocycles. The van der Waals surface area contributed by atoms with Gasteiger partial charge in [-0.05, 0) is 31.8 Å². The zero-order valence-electron chi connectivity index (χ0n) is 11.1. The lowest BCUT2D eigenvalue weighted by Crippen LogP contribution is -1.99. The number of allylic oxidation sites excluding steroid dienone is 3. The molecule has 0 fully saturated rings. The summed E-state index contributed by atoms with van der Waals surface area (Å²) in [5.74, 6) is -0.278. The fourth-order valence-corrected chi connectivity index (χ4v) is 1.79. The quantitative estimate of drug-likeness (QED) is 0.220. The molecule has 0 aromatic rings. The molecular formula is C14H24O3. The summed E-state index contributed by atoms with van der Waals surface area (Å²) in [6, 6.07) is 0. The largest absolute Gasteiger partial charge is 0.509 e. The molecule has 3 heteroatoms. The number of carbonyl (C=O) groups is 1. The van der Waals surface area contributed by atoms with Crippen molar-refractivity contribution < 1.29 is 15.0 Å². The van der Waals surface area contributed by atoms with E-state index < -0.39 is 0 Å². The van der Waals surface area contributed by atoms with Crippen LogP contribution >= 0.6 is 0 Å². The predicted octanol–water partition coefficient (Wildman–Crippen LogP) is 4.21. The van der Waals surface area contributed by atoms with Gasteiger partial charge in [0.15, 0.2) is 5.76 Å². The molecule has 0 amide bonds. The lowest BCUT2D eigenvalue weighted by Gasteiger charge is -2.09. The standard InChI is InChI=1S/C14H24O3/c1-4-6-7-8-9-12(10-15)13(5-2)14(17)11(3)16/h10,16-17H,4-9H2,1-3H3. The molecular weight excluding hydrogens is 216 g/mol. The van der Waals surface area contributed by atoms with Crippen molar-refractivity contribution in [1.29, 1.82) is 0 Å². The van der Waals surface area contributed by atoms with Crippen LogP contribution in [-0.4, -0.2) is 16.5 Å². The van der Waals surface area contributed by atoms with Crippen molar-refractivity contribution in [2.24, 2.45) is 0 Å². The molecule has 0 saturated heterocycles. The molecule has 17 heavy (non-hydrogen) atoms. The van der Waals surface area contributed by atoms with E-state index in [4.69, 9.17) is 0 Å². The van der Waals surface area contributed by atoms with E-state index in [0.717, 1.165) is 32.0 Å². The van der Waals surface area contributed by atoms with Gasteiger partial charge in [0.1, 0.15) is 12.0 Å². The van der Waals surface area contributed by atoms with Crippen LogP contribution in [0.1, 0.15) is 59.3 Å². The zero-order chi connectivity index (χ0) is 13.3. The first-order valence-electron chi connectivity index (χ1n) is 6.34. The smallest absolute Gasteiger partial charge is 0.156 e. The van der Waals surface area contributed by atoms with Crippen LogP contribution in [0.4, 0.5) is 0 Å². The summed E-state index contributed by atoms with van der Waals surface area (Å²) in [6.45, 7) is 5.42. The van der Waals surface area contributed by atoms with E-state index in [0.29, 0.717) is 24.0 Å². The van der Waals surface area contributed by atoms with Crippen molar-refractivity contribution in [3.8, 4) is 0 Å². The summed E-state index contributed by atoms with van der Waals surface area (Å²) in [4.78, 5) is 11.0. The Hall–Kier alpha value is -1.25. The Morgan fingerprint density at radius 2 is 1.76 bits per heavy atom. The molecule has 0 saturated carbocycles. The molecule has 0 atom stereocenters. The van der Waals surface area contributed by atoms with E-state index in [1.807, 2.05) is 6.92 Å². The second kappa shape index (κ2) is 8.85. The van der Waals surface area contributed by atoms with Crippen LogP contribution in [0.2, 0.25) is 0 Å². The van der Waals surface area contributed by atoms with Crippen molar-refractivity contribution in [3.63, 3.8) is 0 Å². The molecule has 0 spiro atoms. The molecule has 0 aliphatic carbocycles. The highest BCUT2D eigenvalue weighted by Gasteiger charge is 2.11. The van der Waals surface area contributed by atoms with Gasteiger partial charge in [0.05, 0.1) is 0 Å². The monoisotopic (exact) mass is 240 g/mol. The molecule has 0 bridgehead atoms. The highest BCUT2D eigenvalue weighted by atomic mass is 16.3. The molecule has 0 aliphatic heterocycles. The molecule has 0 heterocycles. The molecule has 2 N–H and O–H groups in total. The topological polar surface area (TPSA) is 57.5 Å². The van der Waals surface area contributed by atoms with Gasteiger partial charge in [0.2, 0.25) is 0 Å². The first-order valence-corrected chi connectivity index (χ1v) is 6.34. The third-order valence-electron chi connectivity index (χ3n) is 2.81. The van der Waals surface area contributed by atoms with Crippen molar-refractivity contribution in [2.45, 2.75) is 59.3 Å². The van der Waals surface area contributed by atoms with Crippen LogP contribution in [0, 0.1) is 0 Å². The van der Waals surface area contributed by atoms with Crippen LogP contribution in [0.3, 0.4) is 0 Å². The number of hydrogen-bond donors (Lipinski definition) is 2. The molecule has 0 aliphatic rings. The molecule has 0 unspecified atom stereocenters. The van der Waals surface area contributed by atoms with Crippen LogP contribution in [-0.2, 0) is 4.79 Å². The SMILES string of the molecule is CCCCCCC(C=O)=C(CC)C(O)=C(C)O. The number of aliphatic hydroxyl groups excluding tert-OH is 2. The fraction of sp³-hybridized carbons (Fsp3) is 0.643. The fourth-order valence-electron chi connectivity index (χ4n) is 1.79. The predicted molar refractivity (Wildman–Crippen MR) is 70.1 cm³/mol. The van der Waals surface area contributed by atoms with Crippen molar-refractivity contribution in [2.75, 3.05) is 0 Å². The van der Waals surface area contributed by atoms with Gasteiger partial charge >= 0.3 is 0 Å². The second-order valence-electron chi connectivity index (χ2n) is 4.22. The maximum Gasteiger partial charge on any atom is 0.156 e. The minimum Gasteiger partial charge on any atom is -0.509 e. The van der Waals surface area contributed by atoms with Crippen molar-refractivity contribution >= 4 is 6.29 Å². The van der Waals surface area contributed by atoms with Crippen LogP contribution in [0.5, 0.6) is 0 Å². The third-order valence-corrected chi connectivity index (χ3v) is 2.81. The van der Waals surface area contributed by atoms with Gasteiger partial charge in [-0.15, -0.1) is 0 Å². The van der Waals surface area contributed by atoms with E-state index >= 15 is 0 Å². The minimum absolute atomic E-state index is 0.130. The lowest BCUT2D eigenvalue weighted by molar-refractivity contribution is -0.105. The summed E-state index contributed by atoms with van der Waals surface area (Å²) < 4.78 is 0. The number of hydrogen-bond acceptors (Lipinski definition) is 3. The van der Waals surface area contributed by atoms with Crippen LogP contribution in [0.15, 0.2) is 22.7 Å². The van der Waals surface area contributed by atoms with Crippen LogP contribution in [0.25, 0.3) is 0 Å². The van der Waals surface area contributed by atoms with Crippen molar-refractivity contribution in [3.05, 3.63) is 22.7 Å². The van der Waals surface area contributed by atoms with Crippen molar-refractivity contribution in [1.82, 2.24) is 0 Å². The van der Waals surface area contributed by atoms with Gasteiger partial charge in [-0.3, -0.25) is 4.79 Å². The Kier molecular flexibility index (Phi) is 8.20.